The molecule has 0 saturated heterocycles. The Bertz CT molecular complexity index is 456. The first-order valence-electron chi connectivity index (χ1n) is 5.01. The Labute approximate surface area is 111 Å². The van der Waals surface area contributed by atoms with Gasteiger partial charge in [-0.25, -0.2) is 8.42 Å². The van der Waals surface area contributed by atoms with Crippen molar-refractivity contribution in [1.29, 1.82) is 0 Å². The Morgan fingerprint density at radius 3 is 2.29 bits per heavy atom. The smallest absolute Gasteiger partial charge is 0.232 e. The topological polar surface area (TPSA) is 66.4 Å². The summed E-state index contributed by atoms with van der Waals surface area (Å²) in [5, 5.41) is 9.09. The average Bonchev–Trinajstić information content (AvgIpc) is 2.24. The third-order valence-electron chi connectivity index (χ3n) is 2.04. The van der Waals surface area contributed by atoms with Crippen LogP contribution >= 0.6 is 23.2 Å². The van der Waals surface area contributed by atoms with Crippen molar-refractivity contribution in [2.45, 2.75) is 12.8 Å². The van der Waals surface area contributed by atoms with Gasteiger partial charge in [-0.05, 0) is 25.0 Å². The lowest BCUT2D eigenvalue weighted by molar-refractivity contribution is 0.287. The third-order valence-corrected chi connectivity index (χ3v) is 4.01. The second-order valence-electron chi connectivity index (χ2n) is 3.45. The third kappa shape index (κ3) is 4.71. The van der Waals surface area contributed by atoms with Crippen LogP contribution in [-0.4, -0.2) is 25.9 Å². The van der Waals surface area contributed by atoms with Crippen molar-refractivity contribution in [3.05, 3.63) is 28.2 Å². The first kappa shape index (κ1) is 14.6. The quantitative estimate of drug-likeness (QED) is 0.793. The van der Waals surface area contributed by atoms with Gasteiger partial charge in [-0.15, -0.1) is 0 Å². The van der Waals surface area contributed by atoms with E-state index in [1.54, 1.807) is 18.2 Å². The van der Waals surface area contributed by atoms with Crippen molar-refractivity contribution in [3.63, 3.8) is 0 Å². The van der Waals surface area contributed by atoms with Crippen LogP contribution in [0.3, 0.4) is 0 Å². The first-order chi connectivity index (χ1) is 7.96. The number of hydrogen-bond donors (Lipinski definition) is 2. The van der Waals surface area contributed by atoms with Crippen LogP contribution in [0.5, 0.6) is 0 Å². The van der Waals surface area contributed by atoms with Gasteiger partial charge < -0.3 is 5.11 Å². The van der Waals surface area contributed by atoms with E-state index in [4.69, 9.17) is 28.3 Å². The van der Waals surface area contributed by atoms with E-state index in [1.165, 1.54) is 0 Å². The fraction of sp³-hybridized carbons (Fsp3) is 0.400. The highest BCUT2D eigenvalue weighted by Gasteiger charge is 2.14. The average molecular weight is 298 g/mol. The highest BCUT2D eigenvalue weighted by atomic mass is 35.5. The SMILES string of the molecule is O=S(=O)(CCCCO)Nc1c(Cl)cccc1Cl. The van der Waals surface area contributed by atoms with Gasteiger partial charge in [0.25, 0.3) is 0 Å². The Kier molecular flexibility index (Phi) is 5.52. The second-order valence-corrected chi connectivity index (χ2v) is 6.10. The van der Waals surface area contributed by atoms with Gasteiger partial charge in [-0.3, -0.25) is 4.72 Å². The molecule has 96 valence electrons. The number of halogens is 2. The first-order valence-corrected chi connectivity index (χ1v) is 7.42. The van der Waals surface area contributed by atoms with Gasteiger partial charge in [0.15, 0.2) is 0 Å². The van der Waals surface area contributed by atoms with Crippen molar-refractivity contribution in [2.75, 3.05) is 17.1 Å². The van der Waals surface area contributed by atoms with Crippen molar-refractivity contribution in [2.24, 2.45) is 0 Å². The molecule has 0 saturated carbocycles. The summed E-state index contributed by atoms with van der Waals surface area (Å²) in [6.07, 6.45) is 0.824. The Balaban J connectivity index is 2.76. The predicted octanol–water partition coefficient (Wildman–Crippen LogP) is 2.51. The number of benzene rings is 1. The van der Waals surface area contributed by atoms with Crippen LogP contribution in [0.2, 0.25) is 10.0 Å². The summed E-state index contributed by atoms with van der Waals surface area (Å²) in [5.74, 6) is -0.0743. The highest BCUT2D eigenvalue weighted by Crippen LogP contribution is 2.30. The highest BCUT2D eigenvalue weighted by molar-refractivity contribution is 7.92. The summed E-state index contributed by atoms with van der Waals surface area (Å²) in [6, 6.07) is 4.74. The van der Waals surface area contributed by atoms with Crippen LogP contribution in [0.15, 0.2) is 18.2 Å². The monoisotopic (exact) mass is 297 g/mol. The van der Waals surface area contributed by atoms with Gasteiger partial charge in [0, 0.05) is 6.61 Å². The zero-order valence-electron chi connectivity index (χ0n) is 8.99. The molecule has 0 fully saturated rings. The van der Waals surface area contributed by atoms with Crippen LogP contribution in [0.25, 0.3) is 0 Å². The Morgan fingerprint density at radius 1 is 1.18 bits per heavy atom. The molecule has 17 heavy (non-hydrogen) atoms. The van der Waals surface area contributed by atoms with E-state index >= 15 is 0 Å². The zero-order valence-corrected chi connectivity index (χ0v) is 11.3. The van der Waals surface area contributed by atoms with Crippen LogP contribution in [0, 0.1) is 0 Å². The number of anilines is 1. The number of hydrogen-bond acceptors (Lipinski definition) is 3. The summed E-state index contributed by atoms with van der Waals surface area (Å²) < 4.78 is 25.7. The van der Waals surface area contributed by atoms with Crippen LogP contribution in [0.4, 0.5) is 5.69 Å². The number of rotatable bonds is 6. The zero-order chi connectivity index (χ0) is 12.9. The van der Waals surface area contributed by atoms with E-state index in [2.05, 4.69) is 4.72 Å². The number of aliphatic hydroxyl groups excluding tert-OH is 1. The summed E-state index contributed by atoms with van der Waals surface area (Å²) in [6.45, 7) is -0.0254. The molecule has 7 heteroatoms. The summed E-state index contributed by atoms with van der Waals surface area (Å²) in [4.78, 5) is 0. The molecule has 0 heterocycles. The molecular weight excluding hydrogens is 285 g/mol. The van der Waals surface area contributed by atoms with E-state index in [1.807, 2.05) is 0 Å². The van der Waals surface area contributed by atoms with Gasteiger partial charge in [-0.1, -0.05) is 29.3 Å². The molecule has 0 bridgehead atoms. The summed E-state index contributed by atoms with van der Waals surface area (Å²) >= 11 is 11.7. The van der Waals surface area contributed by atoms with E-state index in [9.17, 15) is 8.42 Å². The maximum atomic E-state index is 11.7. The molecule has 0 unspecified atom stereocenters. The van der Waals surface area contributed by atoms with Gasteiger partial charge in [0.1, 0.15) is 0 Å². The van der Waals surface area contributed by atoms with Crippen molar-refractivity contribution in [3.8, 4) is 0 Å². The van der Waals surface area contributed by atoms with E-state index in [0.29, 0.717) is 12.8 Å². The largest absolute Gasteiger partial charge is 0.396 e. The fourth-order valence-corrected chi connectivity index (χ4v) is 3.03. The molecule has 4 nitrogen and oxygen atoms in total. The predicted molar refractivity (Wildman–Crippen MR) is 70.2 cm³/mol. The van der Waals surface area contributed by atoms with Crippen molar-refractivity contribution >= 4 is 38.9 Å². The van der Waals surface area contributed by atoms with Crippen LogP contribution < -0.4 is 4.72 Å². The van der Waals surface area contributed by atoms with Gasteiger partial charge in [0.2, 0.25) is 10.0 Å². The number of nitrogens with one attached hydrogen (secondary N) is 1. The molecule has 0 aliphatic rings. The Hall–Kier alpha value is -0.490. The van der Waals surface area contributed by atoms with Gasteiger partial charge in [0.05, 0.1) is 21.5 Å². The van der Waals surface area contributed by atoms with Crippen LogP contribution in [-0.2, 0) is 10.0 Å². The molecule has 0 amide bonds. The molecule has 2 N–H and O–H groups in total. The fourth-order valence-electron chi connectivity index (χ4n) is 1.21. The number of aliphatic hydroxyl groups is 1. The molecule has 0 spiro atoms. The summed E-state index contributed by atoms with van der Waals surface area (Å²) in [5.41, 5.74) is 0.194. The van der Waals surface area contributed by atoms with E-state index in [0.717, 1.165) is 0 Å². The molecule has 0 radical (unpaired) electrons. The second kappa shape index (κ2) is 6.44. The molecule has 1 aromatic rings. The van der Waals surface area contributed by atoms with Gasteiger partial charge >= 0.3 is 0 Å². The lowest BCUT2D eigenvalue weighted by Crippen LogP contribution is -2.17. The minimum absolute atomic E-state index is 0.0254. The molecule has 0 aliphatic heterocycles. The minimum Gasteiger partial charge on any atom is -0.396 e. The molecule has 0 aliphatic carbocycles. The maximum Gasteiger partial charge on any atom is 0.232 e. The van der Waals surface area contributed by atoms with Gasteiger partial charge in [-0.2, -0.15) is 0 Å². The normalized spacial score (nSPS) is 11.5. The maximum absolute atomic E-state index is 11.7. The number of sulfonamides is 1. The molecule has 1 rings (SSSR count). The minimum atomic E-state index is -3.48. The number of unbranched alkanes of at least 4 members (excludes halogenated alkanes) is 1. The molecule has 0 aromatic heterocycles. The van der Waals surface area contributed by atoms with E-state index < -0.39 is 10.0 Å². The molecule has 0 atom stereocenters. The summed E-state index contributed by atoms with van der Waals surface area (Å²) in [7, 11) is -3.48. The lowest BCUT2D eigenvalue weighted by Gasteiger charge is -2.10. The standard InChI is InChI=1S/C10H13Cl2NO3S/c11-8-4-3-5-9(12)10(8)13-17(15,16)7-2-1-6-14/h3-5,13-14H,1-2,6-7H2. The lowest BCUT2D eigenvalue weighted by atomic mass is 10.3. The Morgan fingerprint density at radius 2 is 1.76 bits per heavy atom. The number of para-hydroxylation sites is 1. The van der Waals surface area contributed by atoms with E-state index in [-0.39, 0.29) is 28.1 Å². The van der Waals surface area contributed by atoms with Crippen molar-refractivity contribution < 1.29 is 13.5 Å². The van der Waals surface area contributed by atoms with Crippen LogP contribution in [0.1, 0.15) is 12.8 Å². The molecule has 1 aromatic carbocycles. The molecular formula is C10H13Cl2NO3S. The van der Waals surface area contributed by atoms with Crippen molar-refractivity contribution in [1.82, 2.24) is 0 Å².